The zero-order chi connectivity index (χ0) is 14.7. The van der Waals surface area contributed by atoms with Gasteiger partial charge < -0.3 is 15.8 Å². The van der Waals surface area contributed by atoms with E-state index in [1.807, 2.05) is 6.92 Å². The third-order valence-corrected chi connectivity index (χ3v) is 3.35. The molecular weight excluding hydrogens is 276 g/mol. The maximum atomic E-state index is 12.2. The standard InChI is InChI=1S/C15H15ClN2O2/c1-9-7-10(3-5-12(9)16)15(19)18-14-8-11(20-2)4-6-13(14)17/h3-8H,17H2,1-2H3,(H,18,19). The Kier molecular flexibility index (Phi) is 4.15. The summed E-state index contributed by atoms with van der Waals surface area (Å²) in [4.78, 5) is 12.2. The van der Waals surface area contributed by atoms with E-state index >= 15 is 0 Å². The van der Waals surface area contributed by atoms with Crippen molar-refractivity contribution >= 4 is 28.9 Å². The van der Waals surface area contributed by atoms with Crippen LogP contribution in [0.25, 0.3) is 0 Å². The second kappa shape index (κ2) is 5.84. The van der Waals surface area contributed by atoms with Gasteiger partial charge in [-0.05, 0) is 42.8 Å². The molecule has 5 heteroatoms. The number of halogens is 1. The molecule has 0 fully saturated rings. The van der Waals surface area contributed by atoms with E-state index in [9.17, 15) is 4.79 Å². The average Bonchev–Trinajstić information content (AvgIpc) is 2.44. The van der Waals surface area contributed by atoms with Gasteiger partial charge in [0, 0.05) is 16.7 Å². The summed E-state index contributed by atoms with van der Waals surface area (Å²) < 4.78 is 5.11. The zero-order valence-electron chi connectivity index (χ0n) is 11.2. The number of anilines is 2. The summed E-state index contributed by atoms with van der Waals surface area (Å²) in [6, 6.07) is 10.2. The van der Waals surface area contributed by atoms with Gasteiger partial charge in [0.2, 0.25) is 0 Å². The largest absolute Gasteiger partial charge is 0.497 e. The molecule has 4 nitrogen and oxygen atoms in total. The number of nitrogens with one attached hydrogen (secondary N) is 1. The third-order valence-electron chi connectivity index (χ3n) is 2.93. The van der Waals surface area contributed by atoms with Crippen LogP contribution in [0, 0.1) is 6.92 Å². The molecule has 0 bridgehead atoms. The molecule has 0 aliphatic carbocycles. The summed E-state index contributed by atoms with van der Waals surface area (Å²) in [5.74, 6) is 0.381. The van der Waals surface area contributed by atoms with Crippen molar-refractivity contribution in [3.05, 3.63) is 52.5 Å². The summed E-state index contributed by atoms with van der Waals surface area (Å²) in [6.07, 6.45) is 0. The van der Waals surface area contributed by atoms with E-state index in [-0.39, 0.29) is 5.91 Å². The molecule has 3 N–H and O–H groups in total. The van der Waals surface area contributed by atoms with E-state index in [2.05, 4.69) is 5.32 Å². The summed E-state index contributed by atoms with van der Waals surface area (Å²) >= 11 is 5.94. The van der Waals surface area contributed by atoms with Gasteiger partial charge in [-0.15, -0.1) is 0 Å². The van der Waals surface area contributed by atoms with Crippen molar-refractivity contribution in [1.82, 2.24) is 0 Å². The predicted molar refractivity (Wildman–Crippen MR) is 81.5 cm³/mol. The van der Waals surface area contributed by atoms with Gasteiger partial charge in [0.25, 0.3) is 5.91 Å². The molecule has 0 aromatic heterocycles. The molecular formula is C15H15ClN2O2. The van der Waals surface area contributed by atoms with Crippen molar-refractivity contribution in [3.63, 3.8) is 0 Å². The minimum Gasteiger partial charge on any atom is -0.497 e. The highest BCUT2D eigenvalue weighted by molar-refractivity contribution is 6.31. The number of carbonyl (C=O) groups is 1. The quantitative estimate of drug-likeness (QED) is 0.851. The van der Waals surface area contributed by atoms with Crippen LogP contribution in [0.1, 0.15) is 15.9 Å². The molecule has 2 rings (SSSR count). The molecule has 1 amide bonds. The number of nitrogen functional groups attached to an aromatic ring is 1. The topological polar surface area (TPSA) is 64.3 Å². The van der Waals surface area contributed by atoms with Gasteiger partial charge >= 0.3 is 0 Å². The molecule has 0 saturated heterocycles. The number of ether oxygens (including phenoxy) is 1. The molecule has 2 aromatic carbocycles. The number of carbonyl (C=O) groups excluding carboxylic acids is 1. The van der Waals surface area contributed by atoms with Gasteiger partial charge in [0.05, 0.1) is 18.5 Å². The summed E-state index contributed by atoms with van der Waals surface area (Å²) in [5.41, 5.74) is 8.19. The molecule has 2 aromatic rings. The smallest absolute Gasteiger partial charge is 0.255 e. The van der Waals surface area contributed by atoms with Gasteiger partial charge in [-0.3, -0.25) is 4.79 Å². The van der Waals surface area contributed by atoms with Crippen molar-refractivity contribution in [2.45, 2.75) is 6.92 Å². The highest BCUT2D eigenvalue weighted by Gasteiger charge is 2.10. The lowest BCUT2D eigenvalue weighted by Gasteiger charge is -2.10. The molecule has 0 radical (unpaired) electrons. The van der Waals surface area contributed by atoms with Crippen LogP contribution in [0.2, 0.25) is 5.02 Å². The summed E-state index contributed by atoms with van der Waals surface area (Å²) in [7, 11) is 1.56. The fourth-order valence-electron chi connectivity index (χ4n) is 1.75. The van der Waals surface area contributed by atoms with E-state index < -0.39 is 0 Å². The Labute approximate surface area is 122 Å². The van der Waals surface area contributed by atoms with Crippen molar-refractivity contribution in [3.8, 4) is 5.75 Å². The maximum Gasteiger partial charge on any atom is 0.255 e. The molecule has 0 aliphatic heterocycles. The van der Waals surface area contributed by atoms with E-state index in [1.54, 1.807) is 43.5 Å². The Morgan fingerprint density at radius 3 is 2.65 bits per heavy atom. The number of hydrogen-bond acceptors (Lipinski definition) is 3. The lowest BCUT2D eigenvalue weighted by molar-refractivity contribution is 0.102. The monoisotopic (exact) mass is 290 g/mol. The first-order chi connectivity index (χ1) is 9.51. The van der Waals surface area contributed by atoms with Gasteiger partial charge in [-0.25, -0.2) is 0 Å². The van der Waals surface area contributed by atoms with Crippen LogP contribution >= 0.6 is 11.6 Å². The zero-order valence-corrected chi connectivity index (χ0v) is 12.0. The molecule has 0 heterocycles. The SMILES string of the molecule is COc1ccc(N)c(NC(=O)c2ccc(Cl)c(C)c2)c1. The molecule has 0 unspecified atom stereocenters. The lowest BCUT2D eigenvalue weighted by atomic mass is 10.1. The average molecular weight is 291 g/mol. The Bertz CT molecular complexity index is 656. The fourth-order valence-corrected chi connectivity index (χ4v) is 1.87. The van der Waals surface area contributed by atoms with Gasteiger partial charge in [0.15, 0.2) is 0 Å². The van der Waals surface area contributed by atoms with Gasteiger partial charge in [-0.2, -0.15) is 0 Å². The van der Waals surface area contributed by atoms with E-state index in [0.717, 1.165) is 5.56 Å². The van der Waals surface area contributed by atoms with Crippen molar-refractivity contribution in [2.24, 2.45) is 0 Å². The van der Waals surface area contributed by atoms with Crippen LogP contribution in [0.5, 0.6) is 5.75 Å². The number of aryl methyl sites for hydroxylation is 1. The number of rotatable bonds is 3. The number of benzene rings is 2. The maximum absolute atomic E-state index is 12.2. The summed E-state index contributed by atoms with van der Waals surface area (Å²) in [5, 5.41) is 3.39. The second-order valence-corrected chi connectivity index (χ2v) is 4.78. The Morgan fingerprint density at radius 2 is 2.00 bits per heavy atom. The Balaban J connectivity index is 2.25. The first-order valence-corrected chi connectivity index (χ1v) is 6.40. The van der Waals surface area contributed by atoms with Crippen LogP contribution in [0.3, 0.4) is 0 Å². The van der Waals surface area contributed by atoms with Crippen LogP contribution < -0.4 is 15.8 Å². The van der Waals surface area contributed by atoms with E-state index in [4.69, 9.17) is 22.1 Å². The Hall–Kier alpha value is -2.20. The predicted octanol–water partition coefficient (Wildman–Crippen LogP) is 3.49. The minimum atomic E-state index is -0.246. The molecule has 0 aliphatic rings. The molecule has 0 saturated carbocycles. The first-order valence-electron chi connectivity index (χ1n) is 6.02. The lowest BCUT2D eigenvalue weighted by Crippen LogP contribution is -2.13. The number of hydrogen-bond donors (Lipinski definition) is 2. The van der Waals surface area contributed by atoms with Crippen molar-refractivity contribution in [1.29, 1.82) is 0 Å². The third kappa shape index (κ3) is 3.03. The summed E-state index contributed by atoms with van der Waals surface area (Å²) in [6.45, 7) is 1.85. The molecule has 0 atom stereocenters. The van der Waals surface area contributed by atoms with E-state index in [1.165, 1.54) is 0 Å². The Morgan fingerprint density at radius 1 is 1.25 bits per heavy atom. The second-order valence-electron chi connectivity index (χ2n) is 4.37. The van der Waals surface area contributed by atoms with Gasteiger partial charge in [0.1, 0.15) is 5.75 Å². The van der Waals surface area contributed by atoms with E-state index in [0.29, 0.717) is 27.7 Å². The first kappa shape index (κ1) is 14.2. The molecule has 20 heavy (non-hydrogen) atoms. The van der Waals surface area contributed by atoms with Crippen LogP contribution in [-0.4, -0.2) is 13.0 Å². The van der Waals surface area contributed by atoms with Crippen molar-refractivity contribution in [2.75, 3.05) is 18.2 Å². The number of nitrogens with two attached hydrogens (primary N) is 1. The highest BCUT2D eigenvalue weighted by Crippen LogP contribution is 2.25. The number of methoxy groups -OCH3 is 1. The minimum absolute atomic E-state index is 0.246. The van der Waals surface area contributed by atoms with Gasteiger partial charge in [-0.1, -0.05) is 11.6 Å². The van der Waals surface area contributed by atoms with Crippen LogP contribution in [-0.2, 0) is 0 Å². The molecule has 104 valence electrons. The van der Waals surface area contributed by atoms with Crippen LogP contribution in [0.4, 0.5) is 11.4 Å². The normalized spacial score (nSPS) is 10.2. The van der Waals surface area contributed by atoms with Crippen molar-refractivity contribution < 1.29 is 9.53 Å². The fraction of sp³-hybridized carbons (Fsp3) is 0.133. The molecule has 0 spiro atoms. The highest BCUT2D eigenvalue weighted by atomic mass is 35.5. The van der Waals surface area contributed by atoms with Crippen LogP contribution in [0.15, 0.2) is 36.4 Å². The number of amides is 1.